The van der Waals surface area contributed by atoms with Crippen molar-refractivity contribution in [1.29, 1.82) is 0 Å². The molecule has 0 aliphatic carbocycles. The van der Waals surface area contributed by atoms with Gasteiger partial charge in [0, 0.05) is 53.5 Å². The first-order valence-corrected chi connectivity index (χ1v) is 16.8. The van der Waals surface area contributed by atoms with Gasteiger partial charge in [0.15, 0.2) is 5.78 Å². The fourth-order valence-electron chi connectivity index (χ4n) is 6.13. The van der Waals surface area contributed by atoms with Crippen molar-refractivity contribution < 1.29 is 23.9 Å². The summed E-state index contributed by atoms with van der Waals surface area (Å²) < 4.78 is 5.43. The van der Waals surface area contributed by atoms with Crippen LogP contribution in [0.25, 0.3) is 21.8 Å². The van der Waals surface area contributed by atoms with E-state index in [0.717, 1.165) is 52.2 Å². The van der Waals surface area contributed by atoms with E-state index in [1.165, 1.54) is 0 Å². The minimum absolute atomic E-state index is 0.136. The smallest absolute Gasteiger partial charge is 0.243 e. The molecular formula is C37H47N5O5. The van der Waals surface area contributed by atoms with Crippen LogP contribution in [0.5, 0.6) is 0 Å². The Balaban J connectivity index is 1.42. The maximum absolute atomic E-state index is 14.1. The van der Waals surface area contributed by atoms with E-state index in [0.29, 0.717) is 19.4 Å². The number of benzene rings is 2. The van der Waals surface area contributed by atoms with Crippen molar-refractivity contribution in [2.24, 2.45) is 5.92 Å². The Bertz CT molecular complexity index is 1720. The van der Waals surface area contributed by atoms with Gasteiger partial charge in [0.05, 0.1) is 12.6 Å². The van der Waals surface area contributed by atoms with Crippen LogP contribution in [0.4, 0.5) is 0 Å². The van der Waals surface area contributed by atoms with E-state index in [1.54, 1.807) is 6.92 Å². The number of epoxide rings is 1. The average Bonchev–Trinajstić information content (AvgIpc) is 3.48. The lowest BCUT2D eigenvalue weighted by atomic mass is 9.93. The predicted molar refractivity (Wildman–Crippen MR) is 183 cm³/mol. The highest BCUT2D eigenvalue weighted by atomic mass is 16.6. The number of Topliss-reactive ketones (excluding diaryl/α,β-unsaturated/α-hetero) is 1. The number of hydrogen-bond donors (Lipinski definition) is 5. The van der Waals surface area contributed by atoms with Gasteiger partial charge in [-0.05, 0) is 48.9 Å². The van der Waals surface area contributed by atoms with E-state index in [2.05, 4.69) is 32.8 Å². The second-order valence-electron chi connectivity index (χ2n) is 13.3. The lowest BCUT2D eigenvalue weighted by molar-refractivity contribution is -0.134. The van der Waals surface area contributed by atoms with Crippen LogP contribution >= 0.6 is 0 Å². The molecule has 5 rings (SSSR count). The number of para-hydroxylation sites is 2. The molecule has 0 bridgehead atoms. The van der Waals surface area contributed by atoms with Crippen LogP contribution in [0.2, 0.25) is 0 Å². The normalized spacial score (nSPS) is 17.7. The van der Waals surface area contributed by atoms with Gasteiger partial charge in [-0.3, -0.25) is 19.2 Å². The average molecular weight is 642 g/mol. The van der Waals surface area contributed by atoms with Crippen molar-refractivity contribution in [2.75, 3.05) is 6.61 Å². The number of rotatable bonds is 17. The zero-order valence-electron chi connectivity index (χ0n) is 27.8. The summed E-state index contributed by atoms with van der Waals surface area (Å²) in [6.45, 7) is 8.11. The van der Waals surface area contributed by atoms with Crippen LogP contribution in [0, 0.1) is 5.92 Å². The molecule has 0 saturated carbocycles. The van der Waals surface area contributed by atoms with Crippen molar-refractivity contribution in [3.05, 3.63) is 72.1 Å². The zero-order chi connectivity index (χ0) is 33.6. The number of aromatic nitrogens is 2. The van der Waals surface area contributed by atoms with E-state index < -0.39 is 35.5 Å². The molecule has 2 aromatic heterocycles. The Morgan fingerprint density at radius 2 is 1.30 bits per heavy atom. The van der Waals surface area contributed by atoms with Crippen LogP contribution in [0.15, 0.2) is 60.9 Å². The molecule has 10 heteroatoms. The fraction of sp³-hybridized carbons (Fsp3) is 0.459. The standard InChI is InChI=1S/C37H47N5O5/c1-5-6-7-16-33(43)40-31(18-24-20-38-28-14-10-8-12-26(24)28)35(45)42-32(19-25-21-39-29-15-11-9-13-27(25)29)36(46)41-30(17-23(2)3)34(44)37(4)22-47-37/h8-15,20-21,23,30-32,38-39H,5-7,16-19,22H2,1-4H3,(H,40,43)(H,41,46)(H,42,45)/t30-,31-,32-,37+/m0/s1. The second kappa shape index (κ2) is 15.0. The number of H-pyrrole nitrogens is 2. The number of carbonyl (C=O) groups excluding carboxylic acids is 4. The summed E-state index contributed by atoms with van der Waals surface area (Å²) >= 11 is 0. The Labute approximate surface area is 275 Å². The molecule has 2 aromatic carbocycles. The number of nitrogens with one attached hydrogen (secondary N) is 5. The molecule has 4 aromatic rings. The number of fused-ring (bicyclic) bond motifs is 2. The van der Waals surface area contributed by atoms with Crippen molar-refractivity contribution in [3.63, 3.8) is 0 Å². The van der Waals surface area contributed by atoms with Gasteiger partial charge < -0.3 is 30.7 Å². The predicted octanol–water partition coefficient (Wildman–Crippen LogP) is 4.87. The summed E-state index contributed by atoms with van der Waals surface area (Å²) in [5, 5.41) is 10.8. The van der Waals surface area contributed by atoms with Crippen LogP contribution in [-0.4, -0.2) is 63.8 Å². The highest BCUT2D eigenvalue weighted by Crippen LogP contribution is 2.30. The highest BCUT2D eigenvalue weighted by Gasteiger charge is 2.50. The number of hydrogen-bond acceptors (Lipinski definition) is 5. The number of ketones is 1. The Kier molecular flexibility index (Phi) is 10.8. The number of carbonyl (C=O) groups is 4. The molecule has 1 aliphatic heterocycles. The molecule has 4 atom stereocenters. The third-order valence-corrected chi connectivity index (χ3v) is 8.93. The van der Waals surface area contributed by atoms with E-state index >= 15 is 0 Å². The van der Waals surface area contributed by atoms with Gasteiger partial charge in [0.25, 0.3) is 0 Å². The third-order valence-electron chi connectivity index (χ3n) is 8.93. The van der Waals surface area contributed by atoms with Gasteiger partial charge in [0.2, 0.25) is 17.7 Å². The lowest BCUT2D eigenvalue weighted by Crippen LogP contribution is -2.57. The van der Waals surface area contributed by atoms with Gasteiger partial charge in [-0.1, -0.05) is 70.0 Å². The Morgan fingerprint density at radius 1 is 0.787 bits per heavy atom. The molecule has 47 heavy (non-hydrogen) atoms. The minimum Gasteiger partial charge on any atom is -0.361 e. The zero-order valence-corrected chi connectivity index (χ0v) is 27.8. The summed E-state index contributed by atoms with van der Waals surface area (Å²) in [6, 6.07) is 12.9. The van der Waals surface area contributed by atoms with Gasteiger partial charge >= 0.3 is 0 Å². The quantitative estimate of drug-likeness (QED) is 0.0824. The molecule has 10 nitrogen and oxygen atoms in total. The third kappa shape index (κ3) is 8.48. The lowest BCUT2D eigenvalue weighted by Gasteiger charge is -2.26. The van der Waals surface area contributed by atoms with E-state index in [1.807, 2.05) is 74.8 Å². The van der Waals surface area contributed by atoms with Crippen molar-refractivity contribution in [2.45, 2.75) is 96.4 Å². The molecule has 3 amide bonds. The molecule has 1 saturated heterocycles. The van der Waals surface area contributed by atoms with Gasteiger partial charge in [-0.25, -0.2) is 0 Å². The summed E-state index contributed by atoms with van der Waals surface area (Å²) in [5.41, 5.74) is 2.67. The summed E-state index contributed by atoms with van der Waals surface area (Å²) in [6.07, 6.45) is 7.48. The van der Waals surface area contributed by atoms with Crippen molar-refractivity contribution in [3.8, 4) is 0 Å². The molecular weight excluding hydrogens is 594 g/mol. The Hall–Kier alpha value is -4.44. The number of amides is 3. The number of unbranched alkanes of at least 4 members (excludes halogenated alkanes) is 2. The van der Waals surface area contributed by atoms with Gasteiger partial charge in [-0.2, -0.15) is 0 Å². The summed E-state index contributed by atoms with van der Waals surface area (Å²) in [4.78, 5) is 61.1. The first kappa shape index (κ1) is 33.9. The van der Waals surface area contributed by atoms with E-state index in [4.69, 9.17) is 4.74 Å². The molecule has 1 fully saturated rings. The molecule has 1 aliphatic rings. The topological polar surface area (TPSA) is 148 Å². The largest absolute Gasteiger partial charge is 0.361 e. The molecule has 0 unspecified atom stereocenters. The Morgan fingerprint density at radius 3 is 1.81 bits per heavy atom. The van der Waals surface area contributed by atoms with Crippen molar-refractivity contribution >= 4 is 45.3 Å². The number of aromatic amines is 2. The monoisotopic (exact) mass is 641 g/mol. The summed E-state index contributed by atoms with van der Waals surface area (Å²) in [7, 11) is 0. The van der Waals surface area contributed by atoms with E-state index in [9.17, 15) is 19.2 Å². The molecule has 0 radical (unpaired) electrons. The first-order valence-electron chi connectivity index (χ1n) is 16.8. The fourth-order valence-corrected chi connectivity index (χ4v) is 6.13. The first-order chi connectivity index (χ1) is 22.6. The number of ether oxygens (including phenoxy) is 1. The molecule has 0 spiro atoms. The SMILES string of the molecule is CCCCCC(=O)N[C@@H](Cc1c[nH]c2ccccc12)C(=O)N[C@@H](Cc1c[nH]c2ccccc12)C(=O)N[C@@H](CC(C)C)C(=O)[C@@]1(C)CO1. The molecule has 5 N–H and O–H groups in total. The maximum atomic E-state index is 14.1. The second-order valence-corrected chi connectivity index (χ2v) is 13.3. The minimum atomic E-state index is -1.01. The van der Waals surface area contributed by atoms with Crippen LogP contribution in [-0.2, 0) is 36.8 Å². The van der Waals surface area contributed by atoms with Crippen LogP contribution in [0.1, 0.15) is 70.9 Å². The van der Waals surface area contributed by atoms with Gasteiger partial charge in [0.1, 0.15) is 17.7 Å². The van der Waals surface area contributed by atoms with Gasteiger partial charge in [-0.15, -0.1) is 0 Å². The molecule has 3 heterocycles. The van der Waals surface area contributed by atoms with E-state index in [-0.39, 0.29) is 30.4 Å². The van der Waals surface area contributed by atoms with Crippen LogP contribution in [0.3, 0.4) is 0 Å². The van der Waals surface area contributed by atoms with Crippen LogP contribution < -0.4 is 16.0 Å². The molecule has 250 valence electrons. The maximum Gasteiger partial charge on any atom is 0.243 e. The highest BCUT2D eigenvalue weighted by molar-refractivity contribution is 5.99. The summed E-state index contributed by atoms with van der Waals surface area (Å²) in [5.74, 6) is -1.18. The van der Waals surface area contributed by atoms with Crippen molar-refractivity contribution in [1.82, 2.24) is 25.9 Å².